The molecular weight excluding hydrogens is 638 g/mol. The molecule has 0 aromatic rings. The Morgan fingerprint density at radius 1 is 0.596 bits per heavy atom. The SMILES string of the molecule is CC(=O)OCC1OC(OCC(OC(C)=O)C(OC(C)=O)C(OC(C)=O)C(C#N)OC(C)=O)C(OC(C)=O)C(OC(C)=O)C1OC(C)=O. The van der Waals surface area contributed by atoms with E-state index in [-0.39, 0.29) is 0 Å². The summed E-state index contributed by atoms with van der Waals surface area (Å²) in [6, 6.07) is 1.60. The van der Waals surface area contributed by atoms with E-state index in [1.54, 1.807) is 6.07 Å². The van der Waals surface area contributed by atoms with Crippen LogP contribution in [0.1, 0.15) is 55.4 Å². The van der Waals surface area contributed by atoms with Gasteiger partial charge in [0.25, 0.3) is 0 Å². The van der Waals surface area contributed by atoms with E-state index in [0.29, 0.717) is 0 Å². The maximum Gasteiger partial charge on any atom is 0.304 e. The van der Waals surface area contributed by atoms with Gasteiger partial charge >= 0.3 is 47.8 Å². The molecule has 0 spiro atoms. The van der Waals surface area contributed by atoms with Crippen molar-refractivity contribution < 1.29 is 85.7 Å². The van der Waals surface area contributed by atoms with Crippen LogP contribution in [0.15, 0.2) is 0 Å². The summed E-state index contributed by atoms with van der Waals surface area (Å²) in [5.41, 5.74) is 0. The molecule has 1 heterocycles. The van der Waals surface area contributed by atoms with Crippen molar-refractivity contribution in [1.82, 2.24) is 0 Å². The summed E-state index contributed by atoms with van der Waals surface area (Å²) < 4.78 is 53.2. The number of nitriles is 1. The van der Waals surface area contributed by atoms with Gasteiger partial charge in [-0.25, -0.2) is 0 Å². The molecule has 0 amide bonds. The Kier molecular flexibility index (Phi) is 16.2. The Bertz CT molecular complexity index is 1230. The van der Waals surface area contributed by atoms with Crippen LogP contribution in [-0.2, 0) is 85.7 Å². The molecular formula is C28H37NO18. The highest BCUT2D eigenvalue weighted by Gasteiger charge is 2.53. The van der Waals surface area contributed by atoms with Gasteiger partial charge in [-0.2, -0.15) is 5.26 Å². The predicted molar refractivity (Wildman–Crippen MR) is 146 cm³/mol. The fraction of sp³-hybridized carbons (Fsp3) is 0.679. The average molecular weight is 676 g/mol. The number of carbonyl (C=O) groups excluding carboxylic acids is 8. The van der Waals surface area contributed by atoms with Crippen molar-refractivity contribution in [1.29, 1.82) is 5.26 Å². The molecule has 0 N–H and O–H groups in total. The molecule has 19 heteroatoms. The zero-order valence-corrected chi connectivity index (χ0v) is 26.9. The maximum atomic E-state index is 12.2. The highest BCUT2D eigenvalue weighted by atomic mass is 16.7. The zero-order valence-electron chi connectivity index (χ0n) is 26.9. The molecule has 1 aliphatic heterocycles. The molecule has 1 fully saturated rings. The Balaban J connectivity index is 3.70. The standard InChI is InChI=1S/C28H37NO18/c1-12(30)38-10-22-25(44-17(6)35)26(45-18(7)36)27(46-19(8)37)28(47-22)39-11-21(41-14(3)32)24(43-16(5)34)23(42-15(4)33)20(9-29)40-13(2)31/h20-28H,10-11H2,1-8H3. The van der Waals surface area contributed by atoms with Gasteiger partial charge in [-0.05, 0) is 0 Å². The third-order valence-corrected chi connectivity index (χ3v) is 5.70. The van der Waals surface area contributed by atoms with E-state index in [2.05, 4.69) is 0 Å². The molecule has 9 unspecified atom stereocenters. The van der Waals surface area contributed by atoms with Crippen LogP contribution in [0.5, 0.6) is 0 Å². The summed E-state index contributed by atoms with van der Waals surface area (Å²) in [5, 5.41) is 9.68. The molecule has 9 atom stereocenters. The van der Waals surface area contributed by atoms with Crippen LogP contribution in [0.3, 0.4) is 0 Å². The molecule has 0 saturated carbocycles. The van der Waals surface area contributed by atoms with Crippen molar-refractivity contribution in [3.05, 3.63) is 0 Å². The minimum atomic E-state index is -1.88. The molecule has 0 aromatic heterocycles. The Morgan fingerprint density at radius 3 is 1.51 bits per heavy atom. The summed E-state index contributed by atoms with van der Waals surface area (Å²) in [6.07, 6.45) is -15.4. The largest absolute Gasteiger partial charge is 0.463 e. The second-order valence-electron chi connectivity index (χ2n) is 9.86. The number of hydrogen-bond donors (Lipinski definition) is 0. The molecule has 19 nitrogen and oxygen atoms in total. The minimum absolute atomic E-state index is 0.581. The molecule has 1 aliphatic rings. The van der Waals surface area contributed by atoms with Gasteiger partial charge in [0.1, 0.15) is 18.8 Å². The fourth-order valence-electron chi connectivity index (χ4n) is 4.31. The van der Waals surface area contributed by atoms with Crippen LogP contribution < -0.4 is 0 Å². The second-order valence-corrected chi connectivity index (χ2v) is 9.86. The second kappa shape index (κ2) is 19.0. The smallest absolute Gasteiger partial charge is 0.304 e. The van der Waals surface area contributed by atoms with E-state index < -0.39 is 116 Å². The van der Waals surface area contributed by atoms with E-state index in [0.717, 1.165) is 55.4 Å². The third kappa shape index (κ3) is 14.0. The number of ether oxygens (including phenoxy) is 10. The first-order valence-electron chi connectivity index (χ1n) is 13.9. The van der Waals surface area contributed by atoms with E-state index in [9.17, 15) is 43.6 Å². The van der Waals surface area contributed by atoms with Crippen LogP contribution >= 0.6 is 0 Å². The molecule has 262 valence electrons. The Labute approximate surface area is 268 Å². The van der Waals surface area contributed by atoms with Crippen molar-refractivity contribution in [2.24, 2.45) is 0 Å². The molecule has 1 saturated heterocycles. The van der Waals surface area contributed by atoms with Gasteiger partial charge in [-0.3, -0.25) is 38.4 Å². The summed E-state index contributed by atoms with van der Waals surface area (Å²) in [6.45, 7) is 6.47. The lowest BCUT2D eigenvalue weighted by Crippen LogP contribution is -2.63. The minimum Gasteiger partial charge on any atom is -0.463 e. The van der Waals surface area contributed by atoms with Gasteiger partial charge in [0.15, 0.2) is 42.9 Å². The zero-order chi connectivity index (χ0) is 36.0. The maximum absolute atomic E-state index is 12.2. The lowest BCUT2D eigenvalue weighted by Gasteiger charge is -2.44. The topological polar surface area (TPSA) is 253 Å². The summed E-state index contributed by atoms with van der Waals surface area (Å²) >= 11 is 0. The number of nitrogens with zero attached hydrogens (tertiary/aromatic N) is 1. The lowest BCUT2D eigenvalue weighted by molar-refractivity contribution is -0.313. The van der Waals surface area contributed by atoms with Gasteiger partial charge in [0.05, 0.1) is 6.61 Å². The van der Waals surface area contributed by atoms with E-state index >= 15 is 0 Å². The quantitative estimate of drug-likeness (QED) is 0.154. The number of esters is 8. The first-order chi connectivity index (χ1) is 21.9. The normalized spacial score (nSPS) is 22.7. The number of rotatable bonds is 15. The van der Waals surface area contributed by atoms with Crippen LogP contribution in [-0.4, -0.2) is 116 Å². The van der Waals surface area contributed by atoms with Crippen LogP contribution in [0.2, 0.25) is 0 Å². The van der Waals surface area contributed by atoms with E-state index in [4.69, 9.17) is 47.4 Å². The monoisotopic (exact) mass is 675 g/mol. The van der Waals surface area contributed by atoms with E-state index in [1.807, 2.05) is 0 Å². The Hall–Kier alpha value is -4.83. The highest BCUT2D eigenvalue weighted by molar-refractivity contribution is 5.70. The number of carbonyl (C=O) groups is 8. The highest BCUT2D eigenvalue weighted by Crippen LogP contribution is 2.31. The van der Waals surface area contributed by atoms with Crippen molar-refractivity contribution in [2.45, 2.75) is 111 Å². The molecule has 1 rings (SSSR count). The lowest BCUT2D eigenvalue weighted by atomic mass is 9.98. The summed E-state index contributed by atoms with van der Waals surface area (Å²) in [7, 11) is 0. The van der Waals surface area contributed by atoms with Gasteiger partial charge in [0, 0.05) is 55.4 Å². The van der Waals surface area contributed by atoms with Crippen molar-refractivity contribution in [3.8, 4) is 6.07 Å². The summed E-state index contributed by atoms with van der Waals surface area (Å²) in [5.74, 6) is -7.49. The van der Waals surface area contributed by atoms with Crippen LogP contribution in [0.25, 0.3) is 0 Å². The van der Waals surface area contributed by atoms with Gasteiger partial charge in [0.2, 0.25) is 6.10 Å². The first kappa shape index (κ1) is 40.2. The van der Waals surface area contributed by atoms with Gasteiger partial charge in [-0.15, -0.1) is 0 Å². The fourth-order valence-corrected chi connectivity index (χ4v) is 4.31. The third-order valence-electron chi connectivity index (χ3n) is 5.70. The van der Waals surface area contributed by atoms with Crippen LogP contribution in [0, 0.1) is 11.3 Å². The van der Waals surface area contributed by atoms with Crippen molar-refractivity contribution >= 4 is 47.8 Å². The molecule has 47 heavy (non-hydrogen) atoms. The van der Waals surface area contributed by atoms with Gasteiger partial charge in [-0.1, -0.05) is 0 Å². The van der Waals surface area contributed by atoms with Crippen LogP contribution in [0.4, 0.5) is 0 Å². The number of hydrogen-bond acceptors (Lipinski definition) is 19. The molecule has 0 aromatic carbocycles. The summed E-state index contributed by atoms with van der Waals surface area (Å²) in [4.78, 5) is 95.7. The van der Waals surface area contributed by atoms with Crippen molar-refractivity contribution in [3.63, 3.8) is 0 Å². The molecule has 0 radical (unpaired) electrons. The Morgan fingerprint density at radius 2 is 1.06 bits per heavy atom. The van der Waals surface area contributed by atoms with Crippen molar-refractivity contribution in [2.75, 3.05) is 13.2 Å². The molecule has 0 aliphatic carbocycles. The predicted octanol–water partition coefficient (Wildman–Crippen LogP) is -0.664. The van der Waals surface area contributed by atoms with Gasteiger partial charge < -0.3 is 47.4 Å². The average Bonchev–Trinajstić information content (AvgIpc) is 2.92. The van der Waals surface area contributed by atoms with E-state index in [1.165, 1.54) is 0 Å². The first-order valence-corrected chi connectivity index (χ1v) is 13.9. The molecule has 0 bridgehead atoms.